The molecule has 0 atom stereocenters. The summed E-state index contributed by atoms with van der Waals surface area (Å²) in [7, 11) is -3.41. The Balaban J connectivity index is 1.42. The van der Waals surface area contributed by atoms with Gasteiger partial charge in [0.15, 0.2) is 0 Å². The molecule has 1 aliphatic rings. The number of anilines is 1. The Bertz CT molecular complexity index is 974. The van der Waals surface area contributed by atoms with Crippen molar-refractivity contribution >= 4 is 27.4 Å². The fourth-order valence-electron chi connectivity index (χ4n) is 3.16. The summed E-state index contributed by atoms with van der Waals surface area (Å²) in [6.45, 7) is 2.14. The normalized spacial score (nSPS) is 15.0. The molecule has 1 aromatic heterocycles. The standard InChI is InChI=1S/C19H23N5O5S/c25-19(16-5-7-17(8-6-16)24(26)27)21-10-3-15-30(28,29)23-13-11-22(12-14-23)18-4-1-2-9-20-18/h1-2,4-9H,3,10-15H2,(H,21,25). The predicted octanol–water partition coefficient (Wildman–Crippen LogP) is 1.26. The van der Waals surface area contributed by atoms with Gasteiger partial charge in [-0.15, -0.1) is 0 Å². The molecule has 10 nitrogen and oxygen atoms in total. The SMILES string of the molecule is O=C(NCCCS(=O)(=O)N1CCN(c2ccccn2)CC1)c1ccc([N+](=O)[O-])cc1. The van der Waals surface area contributed by atoms with E-state index >= 15 is 0 Å². The van der Waals surface area contributed by atoms with Crippen LogP contribution in [0.3, 0.4) is 0 Å². The van der Waals surface area contributed by atoms with E-state index in [1.807, 2.05) is 18.2 Å². The molecule has 0 spiro atoms. The molecule has 3 rings (SSSR count). The number of nitrogens with one attached hydrogen (secondary N) is 1. The number of hydrogen-bond acceptors (Lipinski definition) is 7. The van der Waals surface area contributed by atoms with Crippen LogP contribution in [-0.2, 0) is 10.0 Å². The minimum Gasteiger partial charge on any atom is -0.354 e. The Morgan fingerprint density at radius 2 is 1.80 bits per heavy atom. The average molecular weight is 433 g/mol. The molecular weight excluding hydrogens is 410 g/mol. The second-order valence-electron chi connectivity index (χ2n) is 6.80. The van der Waals surface area contributed by atoms with Gasteiger partial charge in [-0.25, -0.2) is 13.4 Å². The summed E-state index contributed by atoms with van der Waals surface area (Å²) in [4.78, 5) is 28.5. The van der Waals surface area contributed by atoms with Gasteiger partial charge in [-0.1, -0.05) is 6.07 Å². The highest BCUT2D eigenvalue weighted by Gasteiger charge is 2.27. The number of nitro groups is 1. The molecule has 1 fully saturated rings. The third-order valence-corrected chi connectivity index (χ3v) is 6.77. The van der Waals surface area contributed by atoms with Gasteiger partial charge >= 0.3 is 0 Å². The number of benzene rings is 1. The Kier molecular flexibility index (Phi) is 6.95. The van der Waals surface area contributed by atoms with Gasteiger partial charge in [0.25, 0.3) is 11.6 Å². The number of rotatable bonds is 8. The monoisotopic (exact) mass is 433 g/mol. The zero-order valence-corrected chi connectivity index (χ0v) is 17.1. The Hall–Kier alpha value is -3.05. The molecule has 2 heterocycles. The molecule has 0 radical (unpaired) electrons. The minimum absolute atomic E-state index is 0.0584. The number of hydrogen-bond donors (Lipinski definition) is 1. The topological polar surface area (TPSA) is 126 Å². The van der Waals surface area contributed by atoms with Crippen molar-refractivity contribution in [2.75, 3.05) is 43.4 Å². The molecule has 2 aromatic rings. The lowest BCUT2D eigenvalue weighted by molar-refractivity contribution is -0.384. The van der Waals surface area contributed by atoms with Gasteiger partial charge < -0.3 is 10.2 Å². The first kappa shape index (κ1) is 21.7. The molecule has 0 saturated carbocycles. The van der Waals surface area contributed by atoms with Gasteiger partial charge in [-0.3, -0.25) is 14.9 Å². The number of amides is 1. The molecule has 1 aromatic carbocycles. The molecule has 1 amide bonds. The first-order valence-corrected chi connectivity index (χ1v) is 11.1. The number of pyridine rings is 1. The van der Waals surface area contributed by atoms with Crippen LogP contribution in [0, 0.1) is 10.1 Å². The molecule has 0 aliphatic carbocycles. The van der Waals surface area contributed by atoms with Crippen LogP contribution in [0.15, 0.2) is 48.7 Å². The lowest BCUT2D eigenvalue weighted by Crippen LogP contribution is -2.49. The van der Waals surface area contributed by atoms with E-state index in [2.05, 4.69) is 15.2 Å². The van der Waals surface area contributed by atoms with Gasteiger partial charge in [0, 0.05) is 56.6 Å². The van der Waals surface area contributed by atoms with Crippen molar-refractivity contribution in [3.63, 3.8) is 0 Å². The fraction of sp³-hybridized carbons (Fsp3) is 0.368. The Labute approximate surface area is 174 Å². The molecule has 160 valence electrons. The van der Waals surface area contributed by atoms with E-state index in [1.165, 1.54) is 28.6 Å². The summed E-state index contributed by atoms with van der Waals surface area (Å²) in [5.41, 5.74) is 0.190. The molecular formula is C19H23N5O5S. The Morgan fingerprint density at radius 1 is 1.10 bits per heavy atom. The van der Waals surface area contributed by atoms with Crippen molar-refractivity contribution in [2.24, 2.45) is 0 Å². The number of carbonyl (C=O) groups excluding carboxylic acids is 1. The highest BCUT2D eigenvalue weighted by molar-refractivity contribution is 7.89. The summed E-state index contributed by atoms with van der Waals surface area (Å²) in [5.74, 6) is 0.381. The van der Waals surface area contributed by atoms with Crippen molar-refractivity contribution in [1.29, 1.82) is 0 Å². The first-order valence-electron chi connectivity index (χ1n) is 9.53. The highest BCUT2D eigenvalue weighted by Crippen LogP contribution is 2.15. The summed E-state index contributed by atoms with van der Waals surface area (Å²) < 4.78 is 26.6. The van der Waals surface area contributed by atoms with Crippen LogP contribution < -0.4 is 10.2 Å². The quantitative estimate of drug-likeness (QED) is 0.377. The van der Waals surface area contributed by atoms with Crippen LogP contribution in [0.5, 0.6) is 0 Å². The molecule has 1 aliphatic heterocycles. The van der Waals surface area contributed by atoms with Gasteiger partial charge in [-0.05, 0) is 30.7 Å². The zero-order valence-electron chi connectivity index (χ0n) is 16.3. The van der Waals surface area contributed by atoms with Gasteiger partial charge in [0.05, 0.1) is 10.7 Å². The zero-order chi connectivity index (χ0) is 21.6. The maximum Gasteiger partial charge on any atom is 0.269 e. The predicted molar refractivity (Wildman–Crippen MR) is 112 cm³/mol. The summed E-state index contributed by atoms with van der Waals surface area (Å²) >= 11 is 0. The van der Waals surface area contributed by atoms with Crippen LogP contribution in [0.4, 0.5) is 11.5 Å². The van der Waals surface area contributed by atoms with Crippen LogP contribution in [0.25, 0.3) is 0 Å². The number of non-ortho nitro benzene ring substituents is 1. The van der Waals surface area contributed by atoms with Crippen molar-refractivity contribution in [1.82, 2.24) is 14.6 Å². The van der Waals surface area contributed by atoms with Gasteiger partial charge in [-0.2, -0.15) is 4.31 Å². The van der Waals surface area contributed by atoms with Crippen LogP contribution >= 0.6 is 0 Å². The number of sulfonamides is 1. The number of piperazine rings is 1. The average Bonchev–Trinajstić information content (AvgIpc) is 2.77. The van der Waals surface area contributed by atoms with Crippen LogP contribution in [-0.4, -0.2) is 67.0 Å². The summed E-state index contributed by atoms with van der Waals surface area (Å²) in [6, 6.07) is 10.9. The second kappa shape index (κ2) is 9.63. The smallest absolute Gasteiger partial charge is 0.269 e. The number of carbonyl (C=O) groups is 1. The number of nitrogens with zero attached hydrogens (tertiary/aromatic N) is 4. The van der Waals surface area contributed by atoms with Crippen molar-refractivity contribution < 1.29 is 18.1 Å². The molecule has 1 saturated heterocycles. The first-order chi connectivity index (χ1) is 14.4. The maximum absolute atomic E-state index is 12.6. The van der Waals surface area contributed by atoms with E-state index in [4.69, 9.17) is 0 Å². The van der Waals surface area contributed by atoms with Crippen LogP contribution in [0.2, 0.25) is 0 Å². The molecule has 11 heteroatoms. The largest absolute Gasteiger partial charge is 0.354 e. The van der Waals surface area contributed by atoms with E-state index in [0.29, 0.717) is 26.2 Å². The molecule has 0 bridgehead atoms. The maximum atomic E-state index is 12.6. The van der Waals surface area contributed by atoms with Gasteiger partial charge in [0.1, 0.15) is 5.82 Å². The van der Waals surface area contributed by atoms with E-state index in [1.54, 1.807) is 6.20 Å². The summed E-state index contributed by atoms with van der Waals surface area (Å²) in [6.07, 6.45) is 1.99. The lowest BCUT2D eigenvalue weighted by Gasteiger charge is -2.34. The third kappa shape index (κ3) is 5.51. The third-order valence-electron chi connectivity index (χ3n) is 4.81. The van der Waals surface area contributed by atoms with Crippen LogP contribution in [0.1, 0.15) is 16.8 Å². The Morgan fingerprint density at radius 3 is 2.40 bits per heavy atom. The van der Waals surface area contributed by atoms with E-state index < -0.39 is 20.9 Å². The van der Waals surface area contributed by atoms with Gasteiger partial charge in [0.2, 0.25) is 10.0 Å². The van der Waals surface area contributed by atoms with E-state index in [9.17, 15) is 23.3 Å². The van der Waals surface area contributed by atoms with Crippen molar-refractivity contribution in [3.05, 3.63) is 64.3 Å². The minimum atomic E-state index is -3.41. The fourth-order valence-corrected chi connectivity index (χ4v) is 4.65. The van der Waals surface area contributed by atoms with E-state index in [0.717, 1.165) is 5.82 Å². The number of nitro benzene ring substituents is 1. The molecule has 1 N–H and O–H groups in total. The molecule has 0 unspecified atom stereocenters. The van der Waals surface area contributed by atoms with Crippen molar-refractivity contribution in [3.8, 4) is 0 Å². The number of aromatic nitrogens is 1. The molecule has 30 heavy (non-hydrogen) atoms. The van der Waals surface area contributed by atoms with Crippen molar-refractivity contribution in [2.45, 2.75) is 6.42 Å². The van der Waals surface area contributed by atoms with E-state index in [-0.39, 0.29) is 30.0 Å². The second-order valence-corrected chi connectivity index (χ2v) is 8.89. The lowest BCUT2D eigenvalue weighted by atomic mass is 10.2. The summed E-state index contributed by atoms with van der Waals surface area (Å²) in [5, 5.41) is 13.3. The highest BCUT2D eigenvalue weighted by atomic mass is 32.2.